The average molecular weight is 313 g/mol. The number of aromatic nitrogens is 2. The largest absolute Gasteiger partial charge is 0.361 e. The SMILES string of the molecule is Cn1c(=O)c([N+](=O)[O-])c(N2CCN=CN2)c2nc(C#N)ccc21. The summed E-state index contributed by atoms with van der Waals surface area (Å²) in [5.74, 6) is 0. The van der Waals surface area contributed by atoms with E-state index in [1.165, 1.54) is 24.5 Å². The lowest BCUT2D eigenvalue weighted by molar-refractivity contribution is -0.385. The van der Waals surface area contributed by atoms with Crippen molar-refractivity contribution >= 4 is 28.7 Å². The second-order valence-corrected chi connectivity index (χ2v) is 4.81. The minimum absolute atomic E-state index is 0.0383. The van der Waals surface area contributed by atoms with Crippen LogP contribution in [-0.4, -0.2) is 33.9 Å². The molecule has 0 aliphatic carbocycles. The van der Waals surface area contributed by atoms with Gasteiger partial charge in [-0.05, 0) is 12.1 Å². The van der Waals surface area contributed by atoms with E-state index in [1.54, 1.807) is 6.07 Å². The van der Waals surface area contributed by atoms with Crippen molar-refractivity contribution in [3.05, 3.63) is 38.3 Å². The molecule has 0 fully saturated rings. The van der Waals surface area contributed by atoms with Gasteiger partial charge in [-0.2, -0.15) is 5.26 Å². The van der Waals surface area contributed by atoms with Crippen LogP contribution in [0, 0.1) is 21.4 Å². The van der Waals surface area contributed by atoms with Crippen LogP contribution >= 0.6 is 0 Å². The second kappa shape index (κ2) is 5.38. The molecule has 1 aliphatic rings. The van der Waals surface area contributed by atoms with Gasteiger partial charge < -0.3 is 4.57 Å². The third-order valence-electron chi connectivity index (χ3n) is 3.52. The average Bonchev–Trinajstić information content (AvgIpc) is 2.57. The number of nitriles is 1. The van der Waals surface area contributed by atoms with E-state index < -0.39 is 16.2 Å². The lowest BCUT2D eigenvalue weighted by atomic mass is 10.2. The van der Waals surface area contributed by atoms with Crippen LogP contribution in [0.15, 0.2) is 21.9 Å². The highest BCUT2D eigenvalue weighted by atomic mass is 16.6. The fraction of sp³-hybridized carbons (Fsp3) is 0.231. The quantitative estimate of drug-likeness (QED) is 0.613. The van der Waals surface area contributed by atoms with Gasteiger partial charge in [-0.1, -0.05) is 0 Å². The van der Waals surface area contributed by atoms with E-state index in [0.29, 0.717) is 18.6 Å². The van der Waals surface area contributed by atoms with Gasteiger partial charge in [0.1, 0.15) is 23.6 Å². The summed E-state index contributed by atoms with van der Waals surface area (Å²) in [6.07, 6.45) is 1.39. The topological polar surface area (TPSA) is 129 Å². The molecule has 2 aromatic heterocycles. The first-order chi connectivity index (χ1) is 11.0. The molecule has 10 heteroatoms. The maximum atomic E-state index is 12.4. The molecule has 3 heterocycles. The summed E-state index contributed by atoms with van der Waals surface area (Å²) >= 11 is 0. The molecule has 3 rings (SSSR count). The van der Waals surface area contributed by atoms with Gasteiger partial charge in [-0.3, -0.25) is 30.3 Å². The van der Waals surface area contributed by atoms with Gasteiger partial charge in [0.2, 0.25) is 0 Å². The van der Waals surface area contributed by atoms with E-state index in [1.807, 2.05) is 6.07 Å². The van der Waals surface area contributed by atoms with Gasteiger partial charge in [0.05, 0.1) is 23.5 Å². The Bertz CT molecular complexity index is 941. The van der Waals surface area contributed by atoms with Gasteiger partial charge >= 0.3 is 11.2 Å². The van der Waals surface area contributed by atoms with E-state index in [0.717, 1.165) is 4.57 Å². The molecule has 0 bridgehead atoms. The maximum Gasteiger partial charge on any atom is 0.361 e. The summed E-state index contributed by atoms with van der Waals surface area (Å²) in [4.78, 5) is 31.2. The number of hydrazine groups is 1. The van der Waals surface area contributed by atoms with Crippen LogP contribution in [0.2, 0.25) is 0 Å². The number of anilines is 1. The van der Waals surface area contributed by atoms with Crippen LogP contribution in [0.1, 0.15) is 5.69 Å². The van der Waals surface area contributed by atoms with E-state index in [4.69, 9.17) is 5.26 Å². The summed E-state index contributed by atoms with van der Waals surface area (Å²) in [6.45, 7) is 0.747. The molecule has 1 N–H and O–H groups in total. The molecule has 0 unspecified atom stereocenters. The minimum atomic E-state index is -0.742. The fourth-order valence-corrected chi connectivity index (χ4v) is 2.43. The number of hydrogen-bond acceptors (Lipinski definition) is 8. The molecule has 0 amide bonds. The molecule has 0 aromatic carbocycles. The summed E-state index contributed by atoms with van der Waals surface area (Å²) < 4.78 is 1.16. The number of pyridine rings is 2. The van der Waals surface area contributed by atoms with Crippen molar-refractivity contribution in [2.75, 3.05) is 18.1 Å². The van der Waals surface area contributed by atoms with Crippen LogP contribution in [0.25, 0.3) is 11.0 Å². The van der Waals surface area contributed by atoms with Crippen LogP contribution in [0.5, 0.6) is 0 Å². The molecule has 0 radical (unpaired) electrons. The maximum absolute atomic E-state index is 12.4. The number of hydrogen-bond donors (Lipinski definition) is 1. The van der Waals surface area contributed by atoms with Crippen molar-refractivity contribution in [3.8, 4) is 6.07 Å². The van der Waals surface area contributed by atoms with Crippen LogP contribution in [-0.2, 0) is 7.05 Å². The van der Waals surface area contributed by atoms with E-state index in [-0.39, 0.29) is 16.9 Å². The molecule has 2 aromatic rings. The number of nitrogens with one attached hydrogen (secondary N) is 1. The molecule has 0 atom stereocenters. The Balaban J connectivity index is 2.45. The number of rotatable bonds is 2. The summed E-state index contributed by atoms with van der Waals surface area (Å²) in [7, 11) is 1.43. The molecule has 116 valence electrons. The van der Waals surface area contributed by atoms with Crippen LogP contribution < -0.4 is 16.0 Å². The number of aryl methyl sites for hydroxylation is 1. The van der Waals surface area contributed by atoms with Gasteiger partial charge in [-0.25, -0.2) is 4.98 Å². The normalized spacial score (nSPS) is 13.7. The molecule has 10 nitrogen and oxygen atoms in total. The van der Waals surface area contributed by atoms with Crippen molar-refractivity contribution in [2.45, 2.75) is 0 Å². The third kappa shape index (κ3) is 2.24. The number of fused-ring (bicyclic) bond motifs is 1. The predicted molar refractivity (Wildman–Crippen MR) is 82.2 cm³/mol. The Kier molecular flexibility index (Phi) is 3.38. The van der Waals surface area contributed by atoms with Crippen LogP contribution in [0.3, 0.4) is 0 Å². The van der Waals surface area contributed by atoms with Crippen molar-refractivity contribution in [1.29, 1.82) is 5.26 Å². The van der Waals surface area contributed by atoms with E-state index in [2.05, 4.69) is 15.4 Å². The molecule has 1 aliphatic heterocycles. The minimum Gasteiger partial charge on any atom is -0.304 e. The predicted octanol–water partition coefficient (Wildman–Crippen LogP) is 0.0663. The Morgan fingerprint density at radius 3 is 2.87 bits per heavy atom. The Morgan fingerprint density at radius 2 is 2.26 bits per heavy atom. The first kappa shape index (κ1) is 14.5. The highest BCUT2D eigenvalue weighted by Crippen LogP contribution is 2.31. The number of aliphatic imine (C=N–C) groups is 1. The zero-order chi connectivity index (χ0) is 16.6. The highest BCUT2D eigenvalue weighted by molar-refractivity contribution is 5.94. The molecular weight excluding hydrogens is 302 g/mol. The van der Waals surface area contributed by atoms with Gasteiger partial charge in [-0.15, -0.1) is 0 Å². The van der Waals surface area contributed by atoms with E-state index in [9.17, 15) is 14.9 Å². The van der Waals surface area contributed by atoms with Gasteiger partial charge in [0.15, 0.2) is 5.69 Å². The fourth-order valence-electron chi connectivity index (χ4n) is 2.43. The summed E-state index contributed by atoms with van der Waals surface area (Å²) in [6, 6.07) is 4.91. The molecule has 0 saturated carbocycles. The third-order valence-corrected chi connectivity index (χ3v) is 3.52. The second-order valence-electron chi connectivity index (χ2n) is 4.81. The lowest BCUT2D eigenvalue weighted by Gasteiger charge is -2.26. The standard InChI is InChI=1S/C13H11N7O3/c1-18-9-3-2-8(6-14)17-10(9)11(12(13(18)21)20(22)23)19-5-4-15-7-16-19/h2-3,7H,4-5H2,1H3,(H,15,16). The monoisotopic (exact) mass is 313 g/mol. The molecule has 0 saturated heterocycles. The zero-order valence-corrected chi connectivity index (χ0v) is 12.1. The Labute approximate surface area is 129 Å². The van der Waals surface area contributed by atoms with Crippen LogP contribution in [0.4, 0.5) is 11.4 Å². The highest BCUT2D eigenvalue weighted by Gasteiger charge is 2.30. The van der Waals surface area contributed by atoms with Crippen molar-refractivity contribution in [1.82, 2.24) is 15.0 Å². The van der Waals surface area contributed by atoms with E-state index >= 15 is 0 Å². The molecule has 0 spiro atoms. The number of nitro groups is 1. The smallest absolute Gasteiger partial charge is 0.304 e. The Morgan fingerprint density at radius 1 is 1.48 bits per heavy atom. The van der Waals surface area contributed by atoms with Gasteiger partial charge in [0, 0.05) is 7.05 Å². The summed E-state index contributed by atoms with van der Waals surface area (Å²) in [5.41, 5.74) is 2.20. The molecular formula is C13H11N7O3. The van der Waals surface area contributed by atoms with Gasteiger partial charge in [0.25, 0.3) is 0 Å². The van der Waals surface area contributed by atoms with Crippen molar-refractivity contribution in [3.63, 3.8) is 0 Å². The van der Waals surface area contributed by atoms with Crippen molar-refractivity contribution < 1.29 is 4.92 Å². The molecule has 23 heavy (non-hydrogen) atoms. The summed E-state index contributed by atoms with van der Waals surface area (Å²) in [5, 5.41) is 21.9. The number of nitrogens with zero attached hydrogens (tertiary/aromatic N) is 6. The first-order valence-electron chi connectivity index (χ1n) is 6.65. The first-order valence-corrected chi connectivity index (χ1v) is 6.65. The van der Waals surface area contributed by atoms with Crippen molar-refractivity contribution in [2.24, 2.45) is 12.0 Å². The Hall–Kier alpha value is -3.48. The lowest BCUT2D eigenvalue weighted by Crippen LogP contribution is -2.43. The zero-order valence-electron chi connectivity index (χ0n) is 12.1.